The second kappa shape index (κ2) is 5.10. The van der Waals surface area contributed by atoms with Crippen LogP contribution >= 0.6 is 11.8 Å². The number of thioether (sulfide) groups is 1. The Labute approximate surface area is 111 Å². The minimum absolute atomic E-state index is 0.155. The monoisotopic (exact) mass is 266 g/mol. The first kappa shape index (κ1) is 13.1. The standard InChI is InChI=1S/C13H18N2O2S/c1-13(5-2-6-18-13)8-15-9-3-4-10(12(16)17)11(14)7-9/h3-4,7,15H,2,5-6,8,14H2,1H3,(H,16,17). The third-order valence-electron chi connectivity index (χ3n) is 3.25. The Kier molecular flexibility index (Phi) is 3.71. The lowest BCUT2D eigenvalue weighted by molar-refractivity contribution is 0.0698. The van der Waals surface area contributed by atoms with Gasteiger partial charge in [0, 0.05) is 22.7 Å². The Bertz CT molecular complexity index is 456. The number of hydrogen-bond donors (Lipinski definition) is 3. The first-order chi connectivity index (χ1) is 8.50. The molecule has 4 nitrogen and oxygen atoms in total. The van der Waals surface area contributed by atoms with Crippen molar-refractivity contribution in [2.75, 3.05) is 23.3 Å². The largest absolute Gasteiger partial charge is 0.478 e. The van der Waals surface area contributed by atoms with Crippen LogP contribution in [0.3, 0.4) is 0 Å². The smallest absolute Gasteiger partial charge is 0.337 e. The van der Waals surface area contributed by atoms with E-state index in [0.29, 0.717) is 5.69 Å². The number of benzene rings is 1. The van der Waals surface area contributed by atoms with Crippen molar-refractivity contribution < 1.29 is 9.90 Å². The second-order valence-corrected chi connectivity index (χ2v) is 6.55. The number of carboxylic acids is 1. The third-order valence-corrected chi connectivity index (χ3v) is 4.79. The maximum atomic E-state index is 10.8. The lowest BCUT2D eigenvalue weighted by Gasteiger charge is -2.23. The number of nitrogens with two attached hydrogens (primary N) is 1. The van der Waals surface area contributed by atoms with E-state index in [4.69, 9.17) is 10.8 Å². The SMILES string of the molecule is CC1(CNc2ccc(C(=O)O)c(N)c2)CCCS1. The summed E-state index contributed by atoms with van der Waals surface area (Å²) in [6.07, 6.45) is 2.48. The summed E-state index contributed by atoms with van der Waals surface area (Å²) in [7, 11) is 0. The van der Waals surface area contributed by atoms with Crippen molar-refractivity contribution >= 4 is 29.1 Å². The number of carbonyl (C=O) groups is 1. The minimum Gasteiger partial charge on any atom is -0.478 e. The zero-order valence-corrected chi connectivity index (χ0v) is 11.2. The van der Waals surface area contributed by atoms with Gasteiger partial charge in [-0.1, -0.05) is 0 Å². The van der Waals surface area contributed by atoms with Crippen LogP contribution in [0.1, 0.15) is 30.1 Å². The molecule has 0 aromatic heterocycles. The maximum Gasteiger partial charge on any atom is 0.337 e. The molecule has 1 aliphatic rings. The number of nitrogens with one attached hydrogen (secondary N) is 1. The van der Waals surface area contributed by atoms with E-state index in [2.05, 4.69) is 12.2 Å². The van der Waals surface area contributed by atoms with E-state index in [0.717, 1.165) is 12.2 Å². The molecule has 0 amide bonds. The van der Waals surface area contributed by atoms with Gasteiger partial charge in [-0.05, 0) is 43.7 Å². The molecule has 0 radical (unpaired) electrons. The normalized spacial score (nSPS) is 22.9. The molecular weight excluding hydrogens is 248 g/mol. The molecule has 1 saturated heterocycles. The minimum atomic E-state index is -0.989. The highest BCUT2D eigenvalue weighted by atomic mass is 32.2. The van der Waals surface area contributed by atoms with Crippen LogP contribution in [-0.4, -0.2) is 28.1 Å². The molecule has 4 N–H and O–H groups in total. The van der Waals surface area contributed by atoms with Gasteiger partial charge in [-0.3, -0.25) is 0 Å². The van der Waals surface area contributed by atoms with Gasteiger partial charge in [-0.25, -0.2) is 4.79 Å². The molecule has 1 aromatic carbocycles. The van der Waals surface area contributed by atoms with Crippen molar-refractivity contribution in [3.63, 3.8) is 0 Å². The predicted octanol–water partition coefficient (Wildman–Crippen LogP) is 2.66. The van der Waals surface area contributed by atoms with Crippen molar-refractivity contribution in [2.24, 2.45) is 0 Å². The number of anilines is 2. The summed E-state index contributed by atoms with van der Waals surface area (Å²) in [5.74, 6) is 0.232. The third kappa shape index (κ3) is 2.90. The molecule has 1 unspecified atom stereocenters. The number of carboxylic acid groups (broad SMARTS) is 1. The van der Waals surface area contributed by atoms with Gasteiger partial charge in [0.25, 0.3) is 0 Å². The van der Waals surface area contributed by atoms with Crippen molar-refractivity contribution in [2.45, 2.75) is 24.5 Å². The van der Waals surface area contributed by atoms with Crippen molar-refractivity contribution in [1.82, 2.24) is 0 Å². The zero-order chi connectivity index (χ0) is 13.2. The van der Waals surface area contributed by atoms with Gasteiger partial charge in [0.1, 0.15) is 0 Å². The lowest BCUT2D eigenvalue weighted by atomic mass is 10.1. The van der Waals surface area contributed by atoms with Crippen LogP contribution in [0, 0.1) is 0 Å². The van der Waals surface area contributed by atoms with Crippen LogP contribution in [0.4, 0.5) is 11.4 Å². The van der Waals surface area contributed by atoms with E-state index in [1.165, 1.54) is 18.6 Å². The lowest BCUT2D eigenvalue weighted by Crippen LogP contribution is -2.27. The summed E-state index contributed by atoms with van der Waals surface area (Å²) in [6.45, 7) is 3.14. The molecule has 0 saturated carbocycles. The topological polar surface area (TPSA) is 75.3 Å². The molecule has 1 fully saturated rings. The van der Waals surface area contributed by atoms with E-state index in [1.54, 1.807) is 18.2 Å². The fraction of sp³-hybridized carbons (Fsp3) is 0.462. The van der Waals surface area contributed by atoms with Gasteiger partial charge in [0.05, 0.1) is 5.56 Å². The molecule has 1 aliphatic heterocycles. The fourth-order valence-electron chi connectivity index (χ4n) is 2.13. The second-order valence-electron chi connectivity index (χ2n) is 4.86. The van der Waals surface area contributed by atoms with Crippen LogP contribution in [0.2, 0.25) is 0 Å². The molecule has 5 heteroatoms. The van der Waals surface area contributed by atoms with Gasteiger partial charge >= 0.3 is 5.97 Å². The van der Waals surface area contributed by atoms with E-state index in [-0.39, 0.29) is 10.3 Å². The Balaban J connectivity index is 2.02. The van der Waals surface area contributed by atoms with E-state index in [1.807, 2.05) is 11.8 Å². The van der Waals surface area contributed by atoms with Gasteiger partial charge in [0.2, 0.25) is 0 Å². The first-order valence-electron chi connectivity index (χ1n) is 6.01. The number of aromatic carboxylic acids is 1. The average molecular weight is 266 g/mol. The highest BCUT2D eigenvalue weighted by molar-refractivity contribution is 8.00. The summed E-state index contributed by atoms with van der Waals surface area (Å²) >= 11 is 1.99. The number of rotatable bonds is 4. The molecule has 1 atom stereocenters. The number of hydrogen-bond acceptors (Lipinski definition) is 4. The molecule has 1 aromatic rings. The van der Waals surface area contributed by atoms with Crippen LogP contribution in [0.25, 0.3) is 0 Å². The average Bonchev–Trinajstić information content (AvgIpc) is 2.74. The quantitative estimate of drug-likeness (QED) is 0.730. The van der Waals surface area contributed by atoms with E-state index >= 15 is 0 Å². The van der Waals surface area contributed by atoms with Crippen molar-refractivity contribution in [3.05, 3.63) is 23.8 Å². The molecule has 0 spiro atoms. The van der Waals surface area contributed by atoms with Crippen LogP contribution in [-0.2, 0) is 0 Å². The Hall–Kier alpha value is -1.36. The van der Waals surface area contributed by atoms with Gasteiger partial charge in [0.15, 0.2) is 0 Å². The Morgan fingerprint density at radius 2 is 2.39 bits per heavy atom. The molecule has 2 rings (SSSR count). The molecule has 0 bridgehead atoms. The summed E-state index contributed by atoms with van der Waals surface area (Å²) in [5.41, 5.74) is 7.05. The highest BCUT2D eigenvalue weighted by Crippen LogP contribution is 2.37. The van der Waals surface area contributed by atoms with Crippen molar-refractivity contribution in [1.29, 1.82) is 0 Å². The zero-order valence-electron chi connectivity index (χ0n) is 10.4. The first-order valence-corrected chi connectivity index (χ1v) is 6.99. The Morgan fingerprint density at radius 1 is 1.61 bits per heavy atom. The summed E-state index contributed by atoms with van der Waals surface area (Å²) < 4.78 is 0.278. The van der Waals surface area contributed by atoms with Crippen LogP contribution in [0.15, 0.2) is 18.2 Å². The van der Waals surface area contributed by atoms with Crippen molar-refractivity contribution in [3.8, 4) is 0 Å². The highest BCUT2D eigenvalue weighted by Gasteiger charge is 2.29. The van der Waals surface area contributed by atoms with Gasteiger partial charge in [-0.15, -0.1) is 0 Å². The van der Waals surface area contributed by atoms with E-state index < -0.39 is 5.97 Å². The van der Waals surface area contributed by atoms with E-state index in [9.17, 15) is 4.79 Å². The summed E-state index contributed by atoms with van der Waals surface area (Å²) in [5, 5.41) is 12.2. The van der Waals surface area contributed by atoms with Crippen LogP contribution in [0.5, 0.6) is 0 Å². The molecule has 98 valence electrons. The van der Waals surface area contributed by atoms with Gasteiger partial charge < -0.3 is 16.2 Å². The molecule has 18 heavy (non-hydrogen) atoms. The Morgan fingerprint density at radius 3 is 2.94 bits per heavy atom. The fourth-order valence-corrected chi connectivity index (χ4v) is 3.38. The summed E-state index contributed by atoms with van der Waals surface area (Å²) in [6, 6.07) is 5.00. The maximum absolute atomic E-state index is 10.8. The molecule has 1 heterocycles. The summed E-state index contributed by atoms with van der Waals surface area (Å²) in [4.78, 5) is 10.8. The molecular formula is C13H18N2O2S. The van der Waals surface area contributed by atoms with Crippen LogP contribution < -0.4 is 11.1 Å². The number of nitrogen functional groups attached to an aromatic ring is 1. The van der Waals surface area contributed by atoms with Gasteiger partial charge in [-0.2, -0.15) is 11.8 Å². The molecule has 0 aliphatic carbocycles. The predicted molar refractivity (Wildman–Crippen MR) is 76.4 cm³/mol.